The van der Waals surface area contributed by atoms with Gasteiger partial charge in [-0.15, -0.1) is 11.3 Å². The number of ether oxygens (including phenoxy) is 1. The van der Waals surface area contributed by atoms with E-state index in [1.54, 1.807) is 11.3 Å². The Morgan fingerprint density at radius 3 is 2.87 bits per heavy atom. The lowest BCUT2D eigenvalue weighted by molar-refractivity contribution is -0.141. The molecule has 1 amide bonds. The highest BCUT2D eigenvalue weighted by molar-refractivity contribution is 7.09. The molecule has 2 fully saturated rings. The standard InChI is InChI=1S/C17H27N3O2S/c1-13(2)16-18-15(12-23-16)11-19-5-3-4-14(10-19)17(21)20-6-8-22-9-7-20/h12-14H,3-11H2,1-2H3/t14-/m1/s1. The molecule has 6 heteroatoms. The topological polar surface area (TPSA) is 45.7 Å². The number of likely N-dealkylation sites (tertiary alicyclic amines) is 1. The molecule has 2 aliphatic heterocycles. The van der Waals surface area contributed by atoms with E-state index in [2.05, 4.69) is 24.1 Å². The van der Waals surface area contributed by atoms with Gasteiger partial charge in [0.25, 0.3) is 0 Å². The van der Waals surface area contributed by atoms with E-state index in [4.69, 9.17) is 9.72 Å². The van der Waals surface area contributed by atoms with Crippen molar-refractivity contribution in [3.63, 3.8) is 0 Å². The molecule has 2 aliphatic rings. The van der Waals surface area contributed by atoms with Gasteiger partial charge in [0.1, 0.15) is 0 Å². The van der Waals surface area contributed by atoms with Crippen LogP contribution in [0.25, 0.3) is 0 Å². The summed E-state index contributed by atoms with van der Waals surface area (Å²) in [5.74, 6) is 0.954. The van der Waals surface area contributed by atoms with Gasteiger partial charge in [-0.1, -0.05) is 13.8 Å². The van der Waals surface area contributed by atoms with Crippen LogP contribution in [0.2, 0.25) is 0 Å². The minimum atomic E-state index is 0.144. The number of thiazole rings is 1. The summed E-state index contributed by atoms with van der Waals surface area (Å²) in [6.07, 6.45) is 2.11. The number of morpholine rings is 1. The van der Waals surface area contributed by atoms with Gasteiger partial charge in [-0.3, -0.25) is 9.69 Å². The molecular formula is C17H27N3O2S. The second kappa shape index (κ2) is 7.73. The first-order valence-corrected chi connectivity index (χ1v) is 9.54. The first-order chi connectivity index (χ1) is 11.1. The molecule has 1 atom stereocenters. The molecule has 1 aromatic heterocycles. The number of aromatic nitrogens is 1. The first-order valence-electron chi connectivity index (χ1n) is 8.66. The third-order valence-corrected chi connectivity index (χ3v) is 5.82. The smallest absolute Gasteiger partial charge is 0.227 e. The van der Waals surface area contributed by atoms with Crippen molar-refractivity contribution >= 4 is 17.2 Å². The maximum atomic E-state index is 12.7. The fourth-order valence-electron chi connectivity index (χ4n) is 3.33. The maximum Gasteiger partial charge on any atom is 0.227 e. The third-order valence-electron chi connectivity index (χ3n) is 4.63. The van der Waals surface area contributed by atoms with Crippen LogP contribution in [-0.4, -0.2) is 60.1 Å². The Bertz CT molecular complexity index is 526. The van der Waals surface area contributed by atoms with Crippen LogP contribution in [0, 0.1) is 5.92 Å². The number of amides is 1. The van der Waals surface area contributed by atoms with Crippen LogP contribution in [0.5, 0.6) is 0 Å². The van der Waals surface area contributed by atoms with Crippen LogP contribution in [0.4, 0.5) is 0 Å². The Hall–Kier alpha value is -0.980. The molecule has 0 aliphatic carbocycles. The van der Waals surface area contributed by atoms with E-state index in [9.17, 15) is 4.79 Å². The average molecular weight is 337 g/mol. The summed E-state index contributed by atoms with van der Waals surface area (Å²) in [6.45, 7) is 10.0. The summed E-state index contributed by atoms with van der Waals surface area (Å²) < 4.78 is 5.35. The molecule has 0 radical (unpaired) electrons. The molecule has 0 saturated carbocycles. The van der Waals surface area contributed by atoms with Crippen molar-refractivity contribution in [3.8, 4) is 0 Å². The highest BCUT2D eigenvalue weighted by Crippen LogP contribution is 2.23. The SMILES string of the molecule is CC(C)c1nc(CN2CCC[C@@H](C(=O)N3CCOCC3)C2)cs1. The van der Waals surface area contributed by atoms with E-state index in [1.165, 1.54) is 5.01 Å². The molecule has 3 rings (SSSR count). The fourth-order valence-corrected chi connectivity index (χ4v) is 4.16. The molecule has 128 valence electrons. The van der Waals surface area contributed by atoms with Gasteiger partial charge in [0.05, 0.1) is 29.8 Å². The molecule has 2 saturated heterocycles. The largest absolute Gasteiger partial charge is 0.378 e. The minimum absolute atomic E-state index is 0.144. The van der Waals surface area contributed by atoms with Crippen LogP contribution >= 0.6 is 11.3 Å². The van der Waals surface area contributed by atoms with Crippen LogP contribution in [0.15, 0.2) is 5.38 Å². The number of hydrogen-bond donors (Lipinski definition) is 0. The van der Waals surface area contributed by atoms with E-state index >= 15 is 0 Å². The predicted octanol–water partition coefficient (Wildman–Crippen LogP) is 2.34. The highest BCUT2D eigenvalue weighted by Gasteiger charge is 2.30. The van der Waals surface area contributed by atoms with Gasteiger partial charge in [-0.2, -0.15) is 0 Å². The van der Waals surface area contributed by atoms with Gasteiger partial charge in [-0.25, -0.2) is 4.98 Å². The lowest BCUT2D eigenvalue weighted by Crippen LogP contribution is -2.48. The van der Waals surface area contributed by atoms with E-state index in [0.717, 1.165) is 51.3 Å². The van der Waals surface area contributed by atoms with E-state index in [0.29, 0.717) is 25.0 Å². The number of nitrogens with zero attached hydrogens (tertiary/aromatic N) is 3. The highest BCUT2D eigenvalue weighted by atomic mass is 32.1. The minimum Gasteiger partial charge on any atom is -0.378 e. The molecule has 0 bridgehead atoms. The zero-order valence-corrected chi connectivity index (χ0v) is 15.0. The maximum absolute atomic E-state index is 12.7. The van der Waals surface area contributed by atoms with Crippen LogP contribution in [-0.2, 0) is 16.1 Å². The summed E-state index contributed by atoms with van der Waals surface area (Å²) in [6, 6.07) is 0. The summed E-state index contributed by atoms with van der Waals surface area (Å²) in [5, 5.41) is 3.38. The lowest BCUT2D eigenvalue weighted by atomic mass is 9.96. The number of carbonyl (C=O) groups excluding carboxylic acids is 1. The van der Waals surface area contributed by atoms with Crippen molar-refractivity contribution in [3.05, 3.63) is 16.1 Å². The molecule has 0 unspecified atom stereocenters. The molecule has 0 N–H and O–H groups in total. The molecule has 1 aromatic rings. The quantitative estimate of drug-likeness (QED) is 0.846. The fraction of sp³-hybridized carbons (Fsp3) is 0.765. The third kappa shape index (κ3) is 4.31. The Labute approximate surface area is 142 Å². The van der Waals surface area contributed by atoms with E-state index in [-0.39, 0.29) is 5.92 Å². The van der Waals surface area contributed by atoms with Crippen molar-refractivity contribution in [2.75, 3.05) is 39.4 Å². The van der Waals surface area contributed by atoms with Gasteiger partial charge in [0.2, 0.25) is 5.91 Å². The Balaban J connectivity index is 1.55. The second-order valence-electron chi connectivity index (χ2n) is 6.84. The average Bonchev–Trinajstić information content (AvgIpc) is 3.04. The lowest BCUT2D eigenvalue weighted by Gasteiger charge is -2.36. The zero-order chi connectivity index (χ0) is 16.2. The van der Waals surface area contributed by atoms with Crippen molar-refractivity contribution in [1.29, 1.82) is 0 Å². The normalized spacial score (nSPS) is 23.4. The Morgan fingerprint density at radius 1 is 1.39 bits per heavy atom. The summed E-state index contributed by atoms with van der Waals surface area (Å²) in [5.41, 5.74) is 1.15. The zero-order valence-electron chi connectivity index (χ0n) is 14.2. The van der Waals surface area contributed by atoms with Crippen molar-refractivity contribution < 1.29 is 9.53 Å². The van der Waals surface area contributed by atoms with Gasteiger partial charge >= 0.3 is 0 Å². The van der Waals surface area contributed by atoms with Crippen molar-refractivity contribution in [2.24, 2.45) is 5.92 Å². The predicted molar refractivity (Wildman–Crippen MR) is 91.6 cm³/mol. The molecule has 0 aromatic carbocycles. The summed E-state index contributed by atoms with van der Waals surface area (Å²) >= 11 is 1.75. The number of hydrogen-bond acceptors (Lipinski definition) is 5. The van der Waals surface area contributed by atoms with Crippen LogP contribution < -0.4 is 0 Å². The van der Waals surface area contributed by atoms with Gasteiger partial charge in [0, 0.05) is 37.5 Å². The van der Waals surface area contributed by atoms with E-state index in [1.807, 2.05) is 4.90 Å². The number of piperidine rings is 1. The summed E-state index contributed by atoms with van der Waals surface area (Å²) in [4.78, 5) is 21.8. The molecule has 23 heavy (non-hydrogen) atoms. The Morgan fingerprint density at radius 2 is 2.17 bits per heavy atom. The number of rotatable bonds is 4. The summed E-state index contributed by atoms with van der Waals surface area (Å²) in [7, 11) is 0. The molecule has 0 spiro atoms. The van der Waals surface area contributed by atoms with Gasteiger partial charge in [0.15, 0.2) is 0 Å². The van der Waals surface area contributed by atoms with Gasteiger partial charge < -0.3 is 9.64 Å². The second-order valence-corrected chi connectivity index (χ2v) is 7.73. The van der Waals surface area contributed by atoms with E-state index < -0.39 is 0 Å². The van der Waals surface area contributed by atoms with Gasteiger partial charge in [-0.05, 0) is 19.4 Å². The van der Waals surface area contributed by atoms with Crippen LogP contribution in [0.3, 0.4) is 0 Å². The molecule has 3 heterocycles. The first kappa shape index (κ1) is 16.9. The number of carbonyl (C=O) groups is 1. The molecular weight excluding hydrogens is 310 g/mol. The van der Waals surface area contributed by atoms with Crippen molar-refractivity contribution in [1.82, 2.24) is 14.8 Å². The van der Waals surface area contributed by atoms with Crippen molar-refractivity contribution in [2.45, 2.75) is 39.2 Å². The Kier molecular flexibility index (Phi) is 5.67. The monoisotopic (exact) mass is 337 g/mol. The molecule has 5 nitrogen and oxygen atoms in total. The van der Waals surface area contributed by atoms with Crippen LogP contribution in [0.1, 0.15) is 43.3 Å².